The summed E-state index contributed by atoms with van der Waals surface area (Å²) in [6.45, 7) is 2.04. The van der Waals surface area contributed by atoms with Crippen LogP contribution in [0.4, 0.5) is 13.2 Å². The molecule has 0 unspecified atom stereocenters. The van der Waals surface area contributed by atoms with Gasteiger partial charge in [0.2, 0.25) is 5.89 Å². The Labute approximate surface area is 109 Å². The Kier molecular flexibility index (Phi) is 4.44. The van der Waals surface area contributed by atoms with E-state index in [-0.39, 0.29) is 12.0 Å². The molecule has 1 fully saturated rings. The molecule has 0 spiro atoms. The molecular weight excluding hydrogens is 259 g/mol. The average molecular weight is 277 g/mol. The lowest BCUT2D eigenvalue weighted by Crippen LogP contribution is -2.40. The molecule has 19 heavy (non-hydrogen) atoms. The van der Waals surface area contributed by atoms with Gasteiger partial charge in [0, 0.05) is 12.5 Å². The highest BCUT2D eigenvalue weighted by Crippen LogP contribution is 2.34. The summed E-state index contributed by atoms with van der Waals surface area (Å²) in [6.07, 6.45) is -1.57. The number of hydrogen-bond donors (Lipinski definition) is 1. The van der Waals surface area contributed by atoms with Crippen molar-refractivity contribution in [2.75, 3.05) is 0 Å². The van der Waals surface area contributed by atoms with Crippen LogP contribution in [0.3, 0.4) is 0 Å². The van der Waals surface area contributed by atoms with E-state index in [1.54, 1.807) is 6.92 Å². The number of alkyl halides is 3. The highest BCUT2D eigenvalue weighted by molar-refractivity contribution is 4.87. The molecule has 4 nitrogen and oxygen atoms in total. The van der Waals surface area contributed by atoms with Crippen LogP contribution in [0.15, 0.2) is 4.52 Å². The Hall–Kier alpha value is -1.11. The van der Waals surface area contributed by atoms with Gasteiger partial charge in [0.05, 0.1) is 6.54 Å². The van der Waals surface area contributed by atoms with Gasteiger partial charge in [-0.05, 0) is 25.7 Å². The van der Waals surface area contributed by atoms with Crippen LogP contribution >= 0.6 is 0 Å². The monoisotopic (exact) mass is 277 g/mol. The second-order valence-corrected chi connectivity index (χ2v) is 5.09. The third-order valence-electron chi connectivity index (χ3n) is 3.49. The first-order chi connectivity index (χ1) is 8.94. The van der Waals surface area contributed by atoms with Crippen molar-refractivity contribution in [3.63, 3.8) is 0 Å². The van der Waals surface area contributed by atoms with Crippen LogP contribution in [0.25, 0.3) is 0 Å². The van der Waals surface area contributed by atoms with Crippen molar-refractivity contribution in [3.05, 3.63) is 11.7 Å². The van der Waals surface area contributed by atoms with E-state index in [1.807, 2.05) is 0 Å². The molecule has 1 N–H and O–H groups in total. The summed E-state index contributed by atoms with van der Waals surface area (Å²) < 4.78 is 42.5. The van der Waals surface area contributed by atoms with Crippen LogP contribution in [0.2, 0.25) is 0 Å². The van der Waals surface area contributed by atoms with Crippen molar-refractivity contribution in [1.29, 1.82) is 0 Å². The Morgan fingerprint density at radius 2 is 2.05 bits per heavy atom. The minimum atomic E-state index is -4.09. The third kappa shape index (κ3) is 4.49. The maximum Gasteiger partial charge on any atom is 0.389 e. The summed E-state index contributed by atoms with van der Waals surface area (Å²) in [6, 6.07) is -0.123. The van der Waals surface area contributed by atoms with Crippen LogP contribution in [-0.4, -0.2) is 22.4 Å². The number of halogens is 3. The molecule has 108 valence electrons. The number of hydrogen-bond acceptors (Lipinski definition) is 4. The van der Waals surface area contributed by atoms with Gasteiger partial charge < -0.3 is 9.84 Å². The molecule has 1 aromatic heterocycles. The van der Waals surface area contributed by atoms with E-state index < -0.39 is 12.6 Å². The molecule has 0 amide bonds. The molecule has 0 saturated heterocycles. The molecule has 2 atom stereocenters. The third-order valence-corrected chi connectivity index (χ3v) is 3.49. The highest BCUT2D eigenvalue weighted by Gasteiger charge is 2.36. The molecule has 0 aliphatic heterocycles. The van der Waals surface area contributed by atoms with Crippen LogP contribution < -0.4 is 5.32 Å². The smallest absolute Gasteiger partial charge is 0.338 e. The van der Waals surface area contributed by atoms with Gasteiger partial charge in [-0.25, -0.2) is 0 Å². The molecule has 0 aromatic carbocycles. The molecular formula is C12H18F3N3O. The molecule has 1 aliphatic carbocycles. The van der Waals surface area contributed by atoms with E-state index in [2.05, 4.69) is 15.5 Å². The standard InChI is InChI=1S/C12H18F3N3O/c1-8-17-11(19-18-8)7-16-10-5-3-2-4-9(10)6-12(13,14)15/h9-10,16H,2-7H2,1H3/t9-,10-/m0/s1. The number of nitrogens with one attached hydrogen (secondary N) is 1. The van der Waals surface area contributed by atoms with Crippen molar-refractivity contribution in [2.24, 2.45) is 5.92 Å². The number of aryl methyl sites for hydroxylation is 1. The Bertz CT molecular complexity index is 405. The first-order valence-electron chi connectivity index (χ1n) is 6.53. The summed E-state index contributed by atoms with van der Waals surface area (Å²) in [4.78, 5) is 4.03. The summed E-state index contributed by atoms with van der Waals surface area (Å²) in [5, 5.41) is 6.78. The maximum absolute atomic E-state index is 12.5. The van der Waals surface area contributed by atoms with Crippen molar-refractivity contribution in [3.8, 4) is 0 Å². The van der Waals surface area contributed by atoms with Crippen molar-refractivity contribution in [1.82, 2.24) is 15.5 Å². The maximum atomic E-state index is 12.5. The fourth-order valence-corrected chi connectivity index (χ4v) is 2.65. The number of aromatic nitrogens is 2. The lowest BCUT2D eigenvalue weighted by atomic mass is 9.82. The number of rotatable bonds is 4. The van der Waals surface area contributed by atoms with E-state index in [9.17, 15) is 13.2 Å². The average Bonchev–Trinajstić information content (AvgIpc) is 2.72. The minimum Gasteiger partial charge on any atom is -0.338 e. The van der Waals surface area contributed by atoms with Gasteiger partial charge in [0.1, 0.15) is 0 Å². The second kappa shape index (κ2) is 5.90. The molecule has 0 bridgehead atoms. The van der Waals surface area contributed by atoms with Gasteiger partial charge in [-0.3, -0.25) is 0 Å². The fourth-order valence-electron chi connectivity index (χ4n) is 2.65. The van der Waals surface area contributed by atoms with Crippen LogP contribution in [0, 0.1) is 12.8 Å². The van der Waals surface area contributed by atoms with Crippen molar-refractivity contribution < 1.29 is 17.7 Å². The van der Waals surface area contributed by atoms with Crippen molar-refractivity contribution >= 4 is 0 Å². The Morgan fingerprint density at radius 3 is 2.68 bits per heavy atom. The fraction of sp³-hybridized carbons (Fsp3) is 0.833. The highest BCUT2D eigenvalue weighted by atomic mass is 19.4. The predicted molar refractivity (Wildman–Crippen MR) is 62.3 cm³/mol. The second-order valence-electron chi connectivity index (χ2n) is 5.09. The van der Waals surface area contributed by atoms with E-state index in [0.29, 0.717) is 24.7 Å². The summed E-state index contributed by atoms with van der Waals surface area (Å²) >= 11 is 0. The van der Waals surface area contributed by atoms with Gasteiger partial charge >= 0.3 is 6.18 Å². The zero-order valence-corrected chi connectivity index (χ0v) is 10.8. The predicted octanol–water partition coefficient (Wildman–Crippen LogP) is 2.98. The van der Waals surface area contributed by atoms with Gasteiger partial charge in [-0.15, -0.1) is 0 Å². The quantitative estimate of drug-likeness (QED) is 0.919. The van der Waals surface area contributed by atoms with E-state index in [0.717, 1.165) is 19.3 Å². The first kappa shape index (κ1) is 14.3. The molecule has 2 rings (SSSR count). The van der Waals surface area contributed by atoms with E-state index in [4.69, 9.17) is 4.52 Å². The van der Waals surface area contributed by atoms with Crippen molar-refractivity contribution in [2.45, 2.75) is 57.8 Å². The van der Waals surface area contributed by atoms with Gasteiger partial charge in [0.15, 0.2) is 5.82 Å². The van der Waals surface area contributed by atoms with Gasteiger partial charge in [-0.1, -0.05) is 18.0 Å². The minimum absolute atomic E-state index is 0.123. The van der Waals surface area contributed by atoms with Crippen LogP contribution in [0.1, 0.15) is 43.8 Å². The first-order valence-corrected chi connectivity index (χ1v) is 6.53. The van der Waals surface area contributed by atoms with E-state index >= 15 is 0 Å². The Morgan fingerprint density at radius 1 is 1.32 bits per heavy atom. The van der Waals surface area contributed by atoms with Gasteiger partial charge in [0.25, 0.3) is 0 Å². The molecule has 1 heterocycles. The van der Waals surface area contributed by atoms with E-state index in [1.165, 1.54) is 0 Å². The Balaban J connectivity index is 1.88. The molecule has 7 heteroatoms. The largest absolute Gasteiger partial charge is 0.389 e. The summed E-state index contributed by atoms with van der Waals surface area (Å²) in [5.74, 6) is 0.610. The number of nitrogens with zero attached hydrogens (tertiary/aromatic N) is 2. The summed E-state index contributed by atoms with van der Waals surface area (Å²) in [7, 11) is 0. The SMILES string of the molecule is Cc1noc(CN[C@H]2CCCC[C@H]2CC(F)(F)F)n1. The van der Waals surface area contributed by atoms with Gasteiger partial charge in [-0.2, -0.15) is 18.2 Å². The zero-order chi connectivity index (χ0) is 13.9. The topological polar surface area (TPSA) is 51.0 Å². The van der Waals surface area contributed by atoms with Crippen LogP contribution in [0.5, 0.6) is 0 Å². The molecule has 1 saturated carbocycles. The zero-order valence-electron chi connectivity index (χ0n) is 10.8. The van der Waals surface area contributed by atoms with Crippen LogP contribution in [-0.2, 0) is 6.54 Å². The lowest BCUT2D eigenvalue weighted by molar-refractivity contribution is -0.148. The molecule has 0 radical (unpaired) electrons. The normalized spacial score (nSPS) is 24.6. The molecule has 1 aliphatic rings. The molecule has 1 aromatic rings. The summed E-state index contributed by atoms with van der Waals surface area (Å²) in [5.41, 5.74) is 0. The lowest BCUT2D eigenvalue weighted by Gasteiger charge is -2.32.